The maximum absolute atomic E-state index is 11.2. The molecule has 1 aromatic carbocycles. The average molecular weight is 280 g/mol. The Kier molecular flexibility index (Phi) is 6.45. The van der Waals surface area contributed by atoms with Gasteiger partial charge in [-0.15, -0.1) is 0 Å². The van der Waals surface area contributed by atoms with Crippen LogP contribution in [0, 0.1) is 16.0 Å². The molecule has 0 aromatic heterocycles. The lowest BCUT2D eigenvalue weighted by Gasteiger charge is -2.20. The number of methoxy groups -OCH3 is 1. The molecule has 0 spiro atoms. The van der Waals surface area contributed by atoms with Crippen LogP contribution in [0.15, 0.2) is 18.2 Å². The highest BCUT2D eigenvalue weighted by atomic mass is 16.6. The molecule has 0 bridgehead atoms. The molecule has 5 nitrogen and oxygen atoms in total. The van der Waals surface area contributed by atoms with E-state index in [1.165, 1.54) is 13.2 Å². The molecule has 0 fully saturated rings. The fraction of sp³-hybridized carbons (Fsp3) is 0.600. The van der Waals surface area contributed by atoms with E-state index in [1.807, 2.05) is 0 Å². The third kappa shape index (κ3) is 4.81. The summed E-state index contributed by atoms with van der Waals surface area (Å²) >= 11 is 0. The standard InChI is InChI=1S/C15H24N2O3/c1-5-16-13(8-11(2)3)9-12-6-7-14(20-4)10-15(12)17(18)19/h6-7,10-11,13,16H,5,8-9H2,1-4H3. The van der Waals surface area contributed by atoms with Gasteiger partial charge in [0.25, 0.3) is 5.69 Å². The second-order valence-corrected chi connectivity index (χ2v) is 5.34. The van der Waals surface area contributed by atoms with E-state index in [4.69, 9.17) is 4.74 Å². The lowest BCUT2D eigenvalue weighted by atomic mass is 9.96. The number of nitrogens with zero attached hydrogens (tertiary/aromatic N) is 1. The molecule has 5 heteroatoms. The van der Waals surface area contributed by atoms with Crippen molar-refractivity contribution in [2.24, 2.45) is 5.92 Å². The van der Waals surface area contributed by atoms with Crippen LogP contribution >= 0.6 is 0 Å². The van der Waals surface area contributed by atoms with Crippen molar-refractivity contribution in [2.75, 3.05) is 13.7 Å². The van der Waals surface area contributed by atoms with E-state index in [0.29, 0.717) is 18.1 Å². The first-order valence-corrected chi connectivity index (χ1v) is 7.02. The van der Waals surface area contributed by atoms with Crippen LogP contribution in [0.4, 0.5) is 5.69 Å². The summed E-state index contributed by atoms with van der Waals surface area (Å²) in [5, 5.41) is 14.6. The third-order valence-electron chi connectivity index (χ3n) is 3.20. The van der Waals surface area contributed by atoms with E-state index >= 15 is 0 Å². The van der Waals surface area contributed by atoms with E-state index in [9.17, 15) is 10.1 Å². The van der Waals surface area contributed by atoms with E-state index < -0.39 is 0 Å². The Balaban J connectivity index is 2.96. The van der Waals surface area contributed by atoms with Crippen molar-refractivity contribution in [3.63, 3.8) is 0 Å². The van der Waals surface area contributed by atoms with E-state index in [-0.39, 0.29) is 16.7 Å². The Morgan fingerprint density at radius 3 is 2.60 bits per heavy atom. The molecule has 112 valence electrons. The smallest absolute Gasteiger partial charge is 0.276 e. The number of rotatable bonds is 8. The van der Waals surface area contributed by atoms with Crippen molar-refractivity contribution in [3.05, 3.63) is 33.9 Å². The summed E-state index contributed by atoms with van der Waals surface area (Å²) in [6.07, 6.45) is 1.66. The molecule has 0 saturated carbocycles. The fourth-order valence-electron chi connectivity index (χ4n) is 2.38. The molecule has 1 N–H and O–H groups in total. The average Bonchev–Trinajstić information content (AvgIpc) is 2.38. The van der Waals surface area contributed by atoms with Crippen LogP contribution < -0.4 is 10.1 Å². The minimum absolute atomic E-state index is 0.135. The summed E-state index contributed by atoms with van der Waals surface area (Å²) < 4.78 is 5.06. The topological polar surface area (TPSA) is 64.4 Å². The lowest BCUT2D eigenvalue weighted by Crippen LogP contribution is -2.32. The quantitative estimate of drug-likeness (QED) is 0.587. The second-order valence-electron chi connectivity index (χ2n) is 5.34. The summed E-state index contributed by atoms with van der Waals surface area (Å²) in [6.45, 7) is 7.23. The van der Waals surface area contributed by atoms with E-state index in [2.05, 4.69) is 26.1 Å². The van der Waals surface area contributed by atoms with Crippen molar-refractivity contribution in [1.82, 2.24) is 5.32 Å². The summed E-state index contributed by atoms with van der Waals surface area (Å²) in [5.74, 6) is 1.07. The lowest BCUT2D eigenvalue weighted by molar-refractivity contribution is -0.385. The highest BCUT2D eigenvalue weighted by Crippen LogP contribution is 2.26. The van der Waals surface area contributed by atoms with Gasteiger partial charge in [0, 0.05) is 11.6 Å². The second kappa shape index (κ2) is 7.85. The number of hydrogen-bond donors (Lipinski definition) is 1. The Bertz CT molecular complexity index is 447. The van der Waals surface area contributed by atoms with Crippen LogP contribution in [-0.4, -0.2) is 24.6 Å². The van der Waals surface area contributed by atoms with Crippen LogP contribution in [-0.2, 0) is 6.42 Å². The zero-order valence-electron chi connectivity index (χ0n) is 12.7. The molecule has 0 amide bonds. The first-order chi connectivity index (χ1) is 9.47. The molecule has 0 radical (unpaired) electrons. The summed E-state index contributed by atoms with van der Waals surface area (Å²) in [7, 11) is 1.51. The number of benzene rings is 1. The van der Waals surface area contributed by atoms with Gasteiger partial charge >= 0.3 is 0 Å². The van der Waals surface area contributed by atoms with Crippen LogP contribution in [0.25, 0.3) is 0 Å². The van der Waals surface area contributed by atoms with Crippen LogP contribution in [0.1, 0.15) is 32.8 Å². The molecular formula is C15H24N2O3. The Morgan fingerprint density at radius 1 is 1.40 bits per heavy atom. The largest absolute Gasteiger partial charge is 0.497 e. The molecule has 0 saturated heterocycles. The third-order valence-corrected chi connectivity index (χ3v) is 3.20. The molecule has 0 aliphatic rings. The number of likely N-dealkylation sites (N-methyl/N-ethyl adjacent to an activating group) is 1. The van der Waals surface area contributed by atoms with Gasteiger partial charge in [-0.05, 0) is 37.4 Å². The summed E-state index contributed by atoms with van der Waals surface area (Å²) in [5.41, 5.74) is 0.887. The highest BCUT2D eigenvalue weighted by Gasteiger charge is 2.19. The van der Waals surface area contributed by atoms with Gasteiger partial charge in [-0.2, -0.15) is 0 Å². The van der Waals surface area contributed by atoms with E-state index in [1.54, 1.807) is 12.1 Å². The molecule has 1 unspecified atom stereocenters. The first kappa shape index (κ1) is 16.4. The minimum Gasteiger partial charge on any atom is -0.497 e. The maximum atomic E-state index is 11.2. The zero-order valence-corrected chi connectivity index (χ0v) is 12.7. The molecule has 0 aliphatic carbocycles. The molecule has 1 atom stereocenters. The van der Waals surface area contributed by atoms with Gasteiger partial charge in [0.15, 0.2) is 0 Å². The summed E-state index contributed by atoms with van der Waals surface area (Å²) in [6, 6.07) is 5.32. The predicted molar refractivity (Wildman–Crippen MR) is 80.3 cm³/mol. The van der Waals surface area contributed by atoms with Crippen molar-refractivity contribution in [3.8, 4) is 5.75 Å². The number of ether oxygens (including phenoxy) is 1. The summed E-state index contributed by atoms with van der Waals surface area (Å²) in [4.78, 5) is 10.8. The predicted octanol–water partition coefficient (Wildman–Crippen LogP) is 3.17. The normalized spacial score (nSPS) is 12.4. The SMILES string of the molecule is CCNC(Cc1ccc(OC)cc1[N+](=O)[O-])CC(C)C. The van der Waals surface area contributed by atoms with Gasteiger partial charge in [-0.25, -0.2) is 0 Å². The fourth-order valence-corrected chi connectivity index (χ4v) is 2.38. The van der Waals surface area contributed by atoms with Crippen LogP contribution in [0.2, 0.25) is 0 Å². The van der Waals surface area contributed by atoms with Gasteiger partial charge in [-0.3, -0.25) is 10.1 Å². The van der Waals surface area contributed by atoms with Crippen molar-refractivity contribution >= 4 is 5.69 Å². The van der Waals surface area contributed by atoms with Gasteiger partial charge in [0.05, 0.1) is 18.1 Å². The molecule has 1 aromatic rings. The molecule has 1 rings (SSSR count). The van der Waals surface area contributed by atoms with Crippen molar-refractivity contribution < 1.29 is 9.66 Å². The molecule has 0 heterocycles. The monoisotopic (exact) mass is 280 g/mol. The van der Waals surface area contributed by atoms with E-state index in [0.717, 1.165) is 18.5 Å². The zero-order chi connectivity index (χ0) is 15.1. The number of nitrogens with one attached hydrogen (secondary N) is 1. The Labute approximate surface area is 120 Å². The first-order valence-electron chi connectivity index (χ1n) is 7.02. The number of nitro groups is 1. The van der Waals surface area contributed by atoms with Gasteiger partial charge in [-0.1, -0.05) is 20.8 Å². The minimum atomic E-state index is -0.337. The van der Waals surface area contributed by atoms with Crippen LogP contribution in [0.5, 0.6) is 5.75 Å². The number of nitro benzene ring substituents is 1. The van der Waals surface area contributed by atoms with Gasteiger partial charge in [0.2, 0.25) is 0 Å². The number of hydrogen-bond acceptors (Lipinski definition) is 4. The van der Waals surface area contributed by atoms with Crippen molar-refractivity contribution in [2.45, 2.75) is 39.7 Å². The molecule has 20 heavy (non-hydrogen) atoms. The molecular weight excluding hydrogens is 256 g/mol. The Morgan fingerprint density at radius 2 is 2.10 bits per heavy atom. The Hall–Kier alpha value is -1.62. The van der Waals surface area contributed by atoms with Gasteiger partial charge < -0.3 is 10.1 Å². The molecule has 0 aliphatic heterocycles. The van der Waals surface area contributed by atoms with Crippen molar-refractivity contribution in [1.29, 1.82) is 0 Å². The maximum Gasteiger partial charge on any atom is 0.276 e. The van der Waals surface area contributed by atoms with Gasteiger partial charge in [0.1, 0.15) is 5.75 Å². The van der Waals surface area contributed by atoms with Crippen LogP contribution in [0.3, 0.4) is 0 Å². The highest BCUT2D eigenvalue weighted by molar-refractivity contribution is 5.46.